The second-order valence-electron chi connectivity index (χ2n) is 7.92. The third-order valence-corrected chi connectivity index (χ3v) is 7.04. The normalized spacial score (nSPS) is 13.9. The van der Waals surface area contributed by atoms with Crippen LogP contribution in [-0.2, 0) is 22.9 Å². The lowest BCUT2D eigenvalue weighted by Gasteiger charge is -2.17. The number of pyridine rings is 1. The van der Waals surface area contributed by atoms with E-state index in [0.29, 0.717) is 10.6 Å². The summed E-state index contributed by atoms with van der Waals surface area (Å²) in [5, 5.41) is 0. The summed E-state index contributed by atoms with van der Waals surface area (Å²) in [5.74, 6) is 0. The monoisotopic (exact) mass is 417 g/mol. The van der Waals surface area contributed by atoms with Crippen molar-refractivity contribution in [2.75, 3.05) is 4.72 Å². The Bertz CT molecular complexity index is 1360. The summed E-state index contributed by atoms with van der Waals surface area (Å²) < 4.78 is 30.7. The first-order valence-corrected chi connectivity index (χ1v) is 11.7. The van der Waals surface area contributed by atoms with E-state index < -0.39 is 10.0 Å². The van der Waals surface area contributed by atoms with Crippen molar-refractivity contribution in [3.8, 4) is 11.3 Å². The highest BCUT2D eigenvalue weighted by atomic mass is 32.2. The number of anilines is 1. The van der Waals surface area contributed by atoms with Gasteiger partial charge >= 0.3 is 0 Å². The Hall–Kier alpha value is -3.12. The van der Waals surface area contributed by atoms with Crippen LogP contribution in [0.4, 0.5) is 5.69 Å². The number of rotatable bonds is 4. The predicted octanol–water partition coefficient (Wildman–Crippen LogP) is 4.99. The second-order valence-corrected chi connectivity index (χ2v) is 9.60. The fourth-order valence-electron chi connectivity index (χ4n) is 4.06. The number of aromatic nitrogens is 2. The minimum atomic E-state index is -3.65. The first-order valence-electron chi connectivity index (χ1n) is 10.2. The van der Waals surface area contributed by atoms with Gasteiger partial charge in [0.1, 0.15) is 5.65 Å². The Kier molecular flexibility index (Phi) is 4.59. The summed E-state index contributed by atoms with van der Waals surface area (Å²) >= 11 is 0. The molecule has 1 aliphatic rings. The Morgan fingerprint density at radius 3 is 2.67 bits per heavy atom. The van der Waals surface area contributed by atoms with E-state index in [1.807, 2.05) is 66.2 Å². The maximum Gasteiger partial charge on any atom is 0.261 e. The maximum absolute atomic E-state index is 13.0. The molecule has 0 unspecified atom stereocenters. The molecule has 2 aromatic heterocycles. The van der Waals surface area contributed by atoms with E-state index in [4.69, 9.17) is 0 Å². The molecule has 152 valence electrons. The number of nitrogens with zero attached hydrogens (tertiary/aromatic N) is 2. The predicted molar refractivity (Wildman–Crippen MR) is 119 cm³/mol. The van der Waals surface area contributed by atoms with E-state index >= 15 is 0 Å². The molecule has 30 heavy (non-hydrogen) atoms. The number of aryl methyl sites for hydroxylation is 3. The zero-order chi connectivity index (χ0) is 20.7. The number of nitrogens with one attached hydrogen (secondary N) is 1. The molecule has 1 aliphatic carbocycles. The van der Waals surface area contributed by atoms with Crippen molar-refractivity contribution in [1.29, 1.82) is 0 Å². The van der Waals surface area contributed by atoms with Crippen molar-refractivity contribution < 1.29 is 8.42 Å². The molecule has 0 radical (unpaired) electrons. The molecule has 0 saturated carbocycles. The SMILES string of the molecule is Cc1ccn2cc(-c3cccc(NS(=O)(=O)c4ccc5c(c4)CCCC5)c3)nc2c1. The number of fused-ring (bicyclic) bond motifs is 2. The van der Waals surface area contributed by atoms with Gasteiger partial charge in [0.25, 0.3) is 10.0 Å². The van der Waals surface area contributed by atoms with Gasteiger partial charge in [-0.2, -0.15) is 0 Å². The number of imidazole rings is 1. The minimum absolute atomic E-state index is 0.316. The van der Waals surface area contributed by atoms with Crippen molar-refractivity contribution >= 4 is 21.4 Å². The molecule has 0 bridgehead atoms. The zero-order valence-electron chi connectivity index (χ0n) is 16.8. The highest BCUT2D eigenvalue weighted by molar-refractivity contribution is 7.92. The molecule has 0 atom stereocenters. The lowest BCUT2D eigenvalue weighted by atomic mass is 9.92. The van der Waals surface area contributed by atoms with Crippen LogP contribution in [0, 0.1) is 6.92 Å². The molecule has 0 amide bonds. The minimum Gasteiger partial charge on any atom is -0.306 e. The topological polar surface area (TPSA) is 63.5 Å². The van der Waals surface area contributed by atoms with Crippen LogP contribution in [0.3, 0.4) is 0 Å². The molecule has 6 heteroatoms. The van der Waals surface area contributed by atoms with Crippen molar-refractivity contribution in [2.45, 2.75) is 37.5 Å². The van der Waals surface area contributed by atoms with Crippen LogP contribution in [0.1, 0.15) is 29.5 Å². The van der Waals surface area contributed by atoms with E-state index in [0.717, 1.165) is 47.3 Å². The van der Waals surface area contributed by atoms with Crippen LogP contribution in [0.15, 0.2) is 71.9 Å². The molecule has 1 N–H and O–H groups in total. The fraction of sp³-hybridized carbons (Fsp3) is 0.208. The molecule has 5 nitrogen and oxygen atoms in total. The molecule has 5 rings (SSSR count). The van der Waals surface area contributed by atoms with Gasteiger partial charge in [-0.3, -0.25) is 4.72 Å². The average molecular weight is 418 g/mol. The number of hydrogen-bond acceptors (Lipinski definition) is 3. The lowest BCUT2D eigenvalue weighted by Crippen LogP contribution is -2.14. The number of sulfonamides is 1. The van der Waals surface area contributed by atoms with Gasteiger partial charge in [-0.05, 0) is 85.7 Å². The summed E-state index contributed by atoms with van der Waals surface area (Å²) in [6.07, 6.45) is 8.19. The van der Waals surface area contributed by atoms with E-state index in [1.165, 1.54) is 12.0 Å². The van der Waals surface area contributed by atoms with E-state index in [1.54, 1.807) is 12.1 Å². The Balaban J connectivity index is 1.45. The van der Waals surface area contributed by atoms with Gasteiger partial charge in [-0.15, -0.1) is 0 Å². The summed E-state index contributed by atoms with van der Waals surface area (Å²) in [5.41, 5.74) is 6.62. The van der Waals surface area contributed by atoms with Crippen molar-refractivity contribution in [3.05, 3.63) is 83.7 Å². The van der Waals surface area contributed by atoms with E-state index in [9.17, 15) is 8.42 Å². The molecule has 0 fully saturated rings. The Morgan fingerprint density at radius 1 is 0.967 bits per heavy atom. The van der Waals surface area contributed by atoms with Gasteiger partial charge in [0.05, 0.1) is 10.6 Å². The quantitative estimate of drug-likeness (QED) is 0.509. The number of benzene rings is 2. The fourth-order valence-corrected chi connectivity index (χ4v) is 5.16. The highest BCUT2D eigenvalue weighted by Crippen LogP contribution is 2.27. The molecule has 0 saturated heterocycles. The molecule has 0 aliphatic heterocycles. The van der Waals surface area contributed by atoms with Crippen molar-refractivity contribution in [2.24, 2.45) is 0 Å². The first-order chi connectivity index (χ1) is 14.5. The zero-order valence-corrected chi connectivity index (χ0v) is 17.6. The highest BCUT2D eigenvalue weighted by Gasteiger charge is 2.18. The van der Waals surface area contributed by atoms with Gasteiger partial charge in [-0.25, -0.2) is 13.4 Å². The van der Waals surface area contributed by atoms with E-state index in [-0.39, 0.29) is 0 Å². The van der Waals surface area contributed by atoms with Gasteiger partial charge in [-0.1, -0.05) is 18.2 Å². The third-order valence-electron chi connectivity index (χ3n) is 5.66. The van der Waals surface area contributed by atoms with Gasteiger partial charge in [0.2, 0.25) is 0 Å². The first kappa shape index (κ1) is 18.9. The van der Waals surface area contributed by atoms with Crippen LogP contribution in [0.5, 0.6) is 0 Å². The Labute approximate surface area is 176 Å². The molecule has 0 spiro atoms. The molecule has 2 heterocycles. The summed E-state index contributed by atoms with van der Waals surface area (Å²) in [6.45, 7) is 2.03. The van der Waals surface area contributed by atoms with Crippen LogP contribution < -0.4 is 4.72 Å². The number of hydrogen-bond donors (Lipinski definition) is 1. The Morgan fingerprint density at radius 2 is 1.80 bits per heavy atom. The molecular weight excluding hydrogens is 394 g/mol. The molecule has 2 aromatic carbocycles. The van der Waals surface area contributed by atoms with Crippen LogP contribution in [0.2, 0.25) is 0 Å². The second kappa shape index (κ2) is 7.29. The van der Waals surface area contributed by atoms with Crippen LogP contribution >= 0.6 is 0 Å². The summed E-state index contributed by atoms with van der Waals surface area (Å²) in [4.78, 5) is 4.99. The van der Waals surface area contributed by atoms with Crippen molar-refractivity contribution in [1.82, 2.24) is 9.38 Å². The molecular formula is C24H23N3O2S. The smallest absolute Gasteiger partial charge is 0.261 e. The standard InChI is InChI=1S/C24H23N3O2S/c1-17-11-12-27-16-23(25-24(27)13-17)20-7-4-8-21(14-20)26-30(28,29)22-10-9-18-5-2-3-6-19(18)15-22/h4,7-16,26H,2-3,5-6H2,1H3. The average Bonchev–Trinajstić information content (AvgIpc) is 3.16. The molecule has 4 aromatic rings. The largest absolute Gasteiger partial charge is 0.306 e. The van der Waals surface area contributed by atoms with E-state index in [2.05, 4.69) is 9.71 Å². The summed E-state index contributed by atoms with van der Waals surface area (Å²) in [7, 11) is -3.65. The van der Waals surface area contributed by atoms with Gasteiger partial charge in [0.15, 0.2) is 0 Å². The maximum atomic E-state index is 13.0. The lowest BCUT2D eigenvalue weighted by molar-refractivity contribution is 0.600. The van der Waals surface area contributed by atoms with Gasteiger partial charge in [0, 0.05) is 23.6 Å². The van der Waals surface area contributed by atoms with Gasteiger partial charge < -0.3 is 4.40 Å². The summed E-state index contributed by atoms with van der Waals surface area (Å²) in [6, 6.07) is 16.9. The van der Waals surface area contributed by atoms with Crippen LogP contribution in [-0.4, -0.2) is 17.8 Å². The van der Waals surface area contributed by atoms with Crippen molar-refractivity contribution in [3.63, 3.8) is 0 Å². The van der Waals surface area contributed by atoms with Crippen LogP contribution in [0.25, 0.3) is 16.9 Å². The third kappa shape index (κ3) is 3.59.